The molecule has 2 rings (SSSR count). The summed E-state index contributed by atoms with van der Waals surface area (Å²) < 4.78 is 0. The SMILES string of the molecule is CC(C(=O)NC(C)(C)C)N(Cc1ccccc1)C(=O)Cc1cccc(Cl)c1. The molecule has 0 spiro atoms. The molecule has 144 valence electrons. The van der Waals surface area contributed by atoms with E-state index in [0.717, 1.165) is 11.1 Å². The largest absolute Gasteiger partial charge is 0.350 e. The fourth-order valence-corrected chi connectivity index (χ4v) is 2.97. The zero-order valence-electron chi connectivity index (χ0n) is 16.3. The Labute approximate surface area is 166 Å². The van der Waals surface area contributed by atoms with Crippen molar-refractivity contribution in [3.05, 3.63) is 70.7 Å². The Morgan fingerprint density at radius 3 is 2.26 bits per heavy atom. The number of carbonyl (C=O) groups excluding carboxylic acids is 2. The molecular formula is C22H27ClN2O2. The molecule has 1 unspecified atom stereocenters. The first-order valence-corrected chi connectivity index (χ1v) is 9.43. The fraction of sp³-hybridized carbons (Fsp3) is 0.364. The molecule has 0 saturated heterocycles. The van der Waals surface area contributed by atoms with Crippen molar-refractivity contribution in [1.29, 1.82) is 0 Å². The van der Waals surface area contributed by atoms with Gasteiger partial charge in [-0.05, 0) is 51.0 Å². The average molecular weight is 387 g/mol. The molecule has 0 fully saturated rings. The minimum atomic E-state index is -0.587. The van der Waals surface area contributed by atoms with Gasteiger partial charge in [-0.1, -0.05) is 54.1 Å². The van der Waals surface area contributed by atoms with Gasteiger partial charge in [0.15, 0.2) is 0 Å². The molecule has 0 aliphatic heterocycles. The lowest BCUT2D eigenvalue weighted by Gasteiger charge is -2.31. The molecule has 0 heterocycles. The first-order chi connectivity index (χ1) is 12.7. The number of hydrogen-bond donors (Lipinski definition) is 1. The quantitative estimate of drug-likeness (QED) is 0.808. The highest BCUT2D eigenvalue weighted by Crippen LogP contribution is 2.16. The fourth-order valence-electron chi connectivity index (χ4n) is 2.76. The monoisotopic (exact) mass is 386 g/mol. The zero-order valence-corrected chi connectivity index (χ0v) is 17.1. The van der Waals surface area contributed by atoms with E-state index in [1.54, 1.807) is 24.0 Å². The number of nitrogens with zero attached hydrogens (tertiary/aromatic N) is 1. The van der Waals surface area contributed by atoms with Crippen molar-refractivity contribution in [3.63, 3.8) is 0 Å². The van der Waals surface area contributed by atoms with Gasteiger partial charge in [-0.25, -0.2) is 0 Å². The van der Waals surface area contributed by atoms with Crippen molar-refractivity contribution in [2.45, 2.75) is 52.2 Å². The summed E-state index contributed by atoms with van der Waals surface area (Å²) in [5.74, 6) is -0.282. The molecule has 0 aliphatic rings. The van der Waals surface area contributed by atoms with Gasteiger partial charge in [0.25, 0.3) is 0 Å². The van der Waals surface area contributed by atoms with Gasteiger partial charge >= 0.3 is 0 Å². The lowest BCUT2D eigenvalue weighted by atomic mass is 10.1. The topological polar surface area (TPSA) is 49.4 Å². The summed E-state index contributed by atoms with van der Waals surface area (Å²) in [5, 5.41) is 3.55. The molecule has 1 N–H and O–H groups in total. The smallest absolute Gasteiger partial charge is 0.242 e. The van der Waals surface area contributed by atoms with Crippen LogP contribution in [-0.2, 0) is 22.6 Å². The van der Waals surface area contributed by atoms with E-state index in [2.05, 4.69) is 5.32 Å². The summed E-state index contributed by atoms with van der Waals surface area (Å²) in [4.78, 5) is 27.3. The van der Waals surface area contributed by atoms with E-state index in [1.165, 1.54) is 0 Å². The highest BCUT2D eigenvalue weighted by atomic mass is 35.5. The summed E-state index contributed by atoms with van der Waals surface area (Å²) in [6.07, 6.45) is 0.195. The molecule has 27 heavy (non-hydrogen) atoms. The Morgan fingerprint density at radius 1 is 1.04 bits per heavy atom. The second-order valence-corrected chi connectivity index (χ2v) is 8.17. The lowest BCUT2D eigenvalue weighted by molar-refractivity contribution is -0.140. The maximum Gasteiger partial charge on any atom is 0.242 e. The third-order valence-electron chi connectivity index (χ3n) is 4.11. The predicted octanol–water partition coefficient (Wildman–Crippen LogP) is 4.21. The van der Waals surface area contributed by atoms with Crippen molar-refractivity contribution in [2.24, 2.45) is 0 Å². The average Bonchev–Trinajstić information content (AvgIpc) is 2.58. The van der Waals surface area contributed by atoms with E-state index in [1.807, 2.05) is 63.2 Å². The molecule has 1 atom stereocenters. The Bertz CT molecular complexity index is 784. The van der Waals surface area contributed by atoms with Gasteiger partial charge in [0.05, 0.1) is 6.42 Å². The highest BCUT2D eigenvalue weighted by Gasteiger charge is 2.28. The summed E-state index contributed by atoms with van der Waals surface area (Å²) in [6, 6.07) is 16.3. The van der Waals surface area contributed by atoms with E-state index in [0.29, 0.717) is 11.6 Å². The first kappa shape index (κ1) is 21.0. The number of hydrogen-bond acceptors (Lipinski definition) is 2. The third-order valence-corrected chi connectivity index (χ3v) is 4.34. The molecule has 5 heteroatoms. The zero-order chi connectivity index (χ0) is 20.0. The van der Waals surface area contributed by atoms with Gasteiger partial charge in [0, 0.05) is 17.1 Å². The minimum absolute atomic E-state index is 0.113. The van der Waals surface area contributed by atoms with Crippen LogP contribution in [0.2, 0.25) is 5.02 Å². The number of carbonyl (C=O) groups is 2. The van der Waals surface area contributed by atoms with Gasteiger partial charge in [0.2, 0.25) is 11.8 Å². The van der Waals surface area contributed by atoms with Crippen molar-refractivity contribution in [1.82, 2.24) is 10.2 Å². The molecule has 0 aromatic heterocycles. The molecule has 0 saturated carbocycles. The Balaban J connectivity index is 2.22. The van der Waals surface area contributed by atoms with Crippen LogP contribution in [0.3, 0.4) is 0 Å². The van der Waals surface area contributed by atoms with Crippen LogP contribution in [0, 0.1) is 0 Å². The Morgan fingerprint density at radius 2 is 1.67 bits per heavy atom. The van der Waals surface area contributed by atoms with E-state index in [9.17, 15) is 9.59 Å². The van der Waals surface area contributed by atoms with Crippen molar-refractivity contribution >= 4 is 23.4 Å². The Kier molecular flexibility index (Phi) is 7.03. The lowest BCUT2D eigenvalue weighted by Crippen LogP contribution is -2.52. The van der Waals surface area contributed by atoms with E-state index in [-0.39, 0.29) is 23.8 Å². The number of benzene rings is 2. The van der Waals surface area contributed by atoms with Crippen LogP contribution in [0.1, 0.15) is 38.8 Å². The molecule has 4 nitrogen and oxygen atoms in total. The van der Waals surface area contributed by atoms with Crippen LogP contribution in [0.5, 0.6) is 0 Å². The van der Waals surface area contributed by atoms with Crippen LogP contribution in [-0.4, -0.2) is 28.3 Å². The van der Waals surface area contributed by atoms with E-state index in [4.69, 9.17) is 11.6 Å². The first-order valence-electron chi connectivity index (χ1n) is 9.05. The van der Waals surface area contributed by atoms with Gasteiger partial charge in [-0.3, -0.25) is 9.59 Å². The molecular weight excluding hydrogens is 360 g/mol. The van der Waals surface area contributed by atoms with Crippen LogP contribution in [0.25, 0.3) is 0 Å². The van der Waals surface area contributed by atoms with Crippen LogP contribution >= 0.6 is 11.6 Å². The second-order valence-electron chi connectivity index (χ2n) is 7.73. The van der Waals surface area contributed by atoms with Crippen LogP contribution in [0.4, 0.5) is 0 Å². The van der Waals surface area contributed by atoms with Gasteiger partial charge in [-0.15, -0.1) is 0 Å². The minimum Gasteiger partial charge on any atom is -0.350 e. The third kappa shape index (κ3) is 6.72. The summed E-state index contributed by atoms with van der Waals surface area (Å²) in [7, 11) is 0. The number of halogens is 1. The maximum absolute atomic E-state index is 13.0. The molecule has 2 aromatic rings. The van der Waals surface area contributed by atoms with Crippen LogP contribution < -0.4 is 5.32 Å². The van der Waals surface area contributed by atoms with Crippen molar-refractivity contribution in [2.75, 3.05) is 0 Å². The van der Waals surface area contributed by atoms with Crippen molar-refractivity contribution in [3.8, 4) is 0 Å². The number of amides is 2. The molecule has 2 aromatic carbocycles. The molecule has 0 bridgehead atoms. The van der Waals surface area contributed by atoms with Gasteiger partial charge < -0.3 is 10.2 Å². The second kappa shape index (κ2) is 9.05. The highest BCUT2D eigenvalue weighted by molar-refractivity contribution is 6.30. The molecule has 0 radical (unpaired) electrons. The normalized spacial score (nSPS) is 12.3. The van der Waals surface area contributed by atoms with Crippen LogP contribution in [0.15, 0.2) is 54.6 Å². The van der Waals surface area contributed by atoms with Gasteiger partial charge in [-0.2, -0.15) is 0 Å². The predicted molar refractivity (Wildman–Crippen MR) is 110 cm³/mol. The summed E-state index contributed by atoms with van der Waals surface area (Å²) >= 11 is 6.03. The van der Waals surface area contributed by atoms with E-state index < -0.39 is 6.04 Å². The number of nitrogens with one attached hydrogen (secondary N) is 1. The Hall–Kier alpha value is -2.33. The van der Waals surface area contributed by atoms with Gasteiger partial charge in [0.1, 0.15) is 6.04 Å². The van der Waals surface area contributed by atoms with E-state index >= 15 is 0 Å². The maximum atomic E-state index is 13.0. The van der Waals surface area contributed by atoms with Crippen molar-refractivity contribution < 1.29 is 9.59 Å². The number of rotatable bonds is 6. The molecule has 2 amide bonds. The summed E-state index contributed by atoms with van der Waals surface area (Å²) in [5.41, 5.74) is 1.45. The molecule has 0 aliphatic carbocycles. The summed E-state index contributed by atoms with van der Waals surface area (Å²) in [6.45, 7) is 7.91. The standard InChI is InChI=1S/C22H27ClN2O2/c1-16(21(27)24-22(2,3)4)25(15-17-9-6-5-7-10-17)20(26)14-18-11-8-12-19(23)13-18/h5-13,16H,14-15H2,1-4H3,(H,24,27).